The fourth-order valence-corrected chi connectivity index (χ4v) is 1.51. The maximum atomic E-state index is 11.6. The molecule has 0 aliphatic rings. The highest BCUT2D eigenvalue weighted by Crippen LogP contribution is 2.12. The van der Waals surface area contributed by atoms with E-state index < -0.39 is 0 Å². The van der Waals surface area contributed by atoms with E-state index >= 15 is 0 Å². The second-order valence-electron chi connectivity index (χ2n) is 3.98. The Hall–Kier alpha value is -1.90. The number of hydrogen-bond acceptors (Lipinski definition) is 2. The molecule has 0 unspecified atom stereocenters. The third-order valence-electron chi connectivity index (χ3n) is 2.42. The maximum absolute atomic E-state index is 11.6. The van der Waals surface area contributed by atoms with Crippen LogP contribution in [0.25, 0.3) is 5.82 Å². The van der Waals surface area contributed by atoms with Gasteiger partial charge < -0.3 is 0 Å². The predicted octanol–water partition coefficient (Wildman–Crippen LogP) is 2.36. The molecule has 0 saturated carbocycles. The number of nitrogens with zero attached hydrogens (tertiary/aromatic N) is 2. The fraction of sp³-hybridized carbons (Fsp3) is 0.231. The Morgan fingerprint density at radius 2 is 1.94 bits per heavy atom. The molecule has 0 N–H and O–H groups in total. The molecule has 2 aromatic rings. The van der Waals surface area contributed by atoms with Crippen LogP contribution in [-0.4, -0.2) is 9.55 Å². The minimum atomic E-state index is -0.0593. The van der Waals surface area contributed by atoms with E-state index in [1.165, 1.54) is 6.07 Å². The Labute approximate surface area is 94.4 Å². The lowest BCUT2D eigenvalue weighted by atomic mass is 10.1. The Bertz CT molecular complexity index is 543. The van der Waals surface area contributed by atoms with Gasteiger partial charge in [0.15, 0.2) is 0 Å². The summed E-state index contributed by atoms with van der Waals surface area (Å²) in [5, 5.41) is 0. The Morgan fingerprint density at radius 3 is 2.62 bits per heavy atom. The highest BCUT2D eigenvalue weighted by molar-refractivity contribution is 5.26. The molecule has 3 nitrogen and oxygen atoms in total. The van der Waals surface area contributed by atoms with Gasteiger partial charge in [0.1, 0.15) is 5.82 Å². The van der Waals surface area contributed by atoms with Gasteiger partial charge in [0.2, 0.25) is 0 Å². The third-order valence-corrected chi connectivity index (χ3v) is 2.42. The molecule has 0 amide bonds. The van der Waals surface area contributed by atoms with Gasteiger partial charge in [0.05, 0.1) is 0 Å². The summed E-state index contributed by atoms with van der Waals surface area (Å²) in [5.41, 5.74) is 0.934. The lowest BCUT2D eigenvalue weighted by Crippen LogP contribution is -2.17. The number of hydrogen-bond donors (Lipinski definition) is 0. The smallest absolute Gasteiger partial charge is 0.256 e. The van der Waals surface area contributed by atoms with Crippen LogP contribution in [0.4, 0.5) is 0 Å². The third kappa shape index (κ3) is 2.03. The van der Waals surface area contributed by atoms with Crippen LogP contribution in [0.5, 0.6) is 0 Å². The average Bonchev–Trinajstić information content (AvgIpc) is 2.30. The summed E-state index contributed by atoms with van der Waals surface area (Å²) in [4.78, 5) is 16.1. The topological polar surface area (TPSA) is 34.9 Å². The van der Waals surface area contributed by atoms with Gasteiger partial charge in [-0.25, -0.2) is 4.98 Å². The minimum absolute atomic E-state index is 0.0593. The van der Waals surface area contributed by atoms with Crippen molar-refractivity contribution >= 4 is 0 Å². The summed E-state index contributed by atoms with van der Waals surface area (Å²) in [6.07, 6.45) is 1.73. The van der Waals surface area contributed by atoms with Crippen LogP contribution in [0.3, 0.4) is 0 Å². The molecule has 2 rings (SSSR count). The Balaban J connectivity index is 2.53. The summed E-state index contributed by atoms with van der Waals surface area (Å²) < 4.78 is 1.55. The summed E-state index contributed by atoms with van der Waals surface area (Å²) >= 11 is 0. The normalized spacial score (nSPS) is 10.7. The molecule has 0 fully saturated rings. The van der Waals surface area contributed by atoms with E-state index in [2.05, 4.69) is 18.8 Å². The molecule has 2 heterocycles. The first-order valence-electron chi connectivity index (χ1n) is 5.33. The second-order valence-corrected chi connectivity index (χ2v) is 3.98. The monoisotopic (exact) mass is 214 g/mol. The van der Waals surface area contributed by atoms with Gasteiger partial charge >= 0.3 is 0 Å². The lowest BCUT2D eigenvalue weighted by molar-refractivity contribution is 0.804. The molecule has 0 saturated heterocycles. The van der Waals surface area contributed by atoms with Gasteiger partial charge in [0.25, 0.3) is 5.56 Å². The molecule has 0 radical (unpaired) electrons. The molecule has 0 aliphatic carbocycles. The van der Waals surface area contributed by atoms with Gasteiger partial charge in [-0.3, -0.25) is 9.36 Å². The van der Waals surface area contributed by atoms with Gasteiger partial charge in [-0.15, -0.1) is 0 Å². The largest absolute Gasteiger partial charge is 0.269 e. The van der Waals surface area contributed by atoms with Crippen LogP contribution in [0.1, 0.15) is 25.5 Å². The molecular weight excluding hydrogens is 200 g/mol. The van der Waals surface area contributed by atoms with Crippen molar-refractivity contribution in [3.05, 3.63) is 58.6 Å². The molecular formula is C13H14N2O. The van der Waals surface area contributed by atoms with Crippen molar-refractivity contribution in [2.75, 3.05) is 0 Å². The lowest BCUT2D eigenvalue weighted by Gasteiger charge is -2.08. The summed E-state index contributed by atoms with van der Waals surface area (Å²) in [7, 11) is 0. The van der Waals surface area contributed by atoms with Gasteiger partial charge in [-0.05, 0) is 24.1 Å². The number of aromatic nitrogens is 2. The van der Waals surface area contributed by atoms with E-state index in [1.807, 2.05) is 24.3 Å². The molecule has 0 bridgehead atoms. The average molecular weight is 214 g/mol. The summed E-state index contributed by atoms with van der Waals surface area (Å²) in [5.74, 6) is 1.04. The van der Waals surface area contributed by atoms with Crippen LogP contribution in [0, 0.1) is 0 Å². The SMILES string of the molecule is CC(C)c1cccc(-n2ccccc2=O)n1. The van der Waals surface area contributed by atoms with Gasteiger partial charge in [-0.1, -0.05) is 26.0 Å². The van der Waals surface area contributed by atoms with Crippen molar-refractivity contribution in [1.29, 1.82) is 0 Å². The van der Waals surface area contributed by atoms with Crippen molar-refractivity contribution < 1.29 is 0 Å². The first kappa shape index (κ1) is 10.6. The van der Waals surface area contributed by atoms with Gasteiger partial charge in [0, 0.05) is 18.0 Å². The van der Waals surface area contributed by atoms with Crippen LogP contribution in [-0.2, 0) is 0 Å². The van der Waals surface area contributed by atoms with Crippen LogP contribution in [0.2, 0.25) is 0 Å². The molecule has 0 spiro atoms. The fourth-order valence-electron chi connectivity index (χ4n) is 1.51. The molecule has 0 aliphatic heterocycles. The molecule has 0 atom stereocenters. The van der Waals surface area contributed by atoms with E-state index in [-0.39, 0.29) is 5.56 Å². The van der Waals surface area contributed by atoms with E-state index in [4.69, 9.17) is 0 Å². The second kappa shape index (κ2) is 4.31. The van der Waals surface area contributed by atoms with E-state index in [1.54, 1.807) is 16.8 Å². The van der Waals surface area contributed by atoms with Crippen molar-refractivity contribution in [2.24, 2.45) is 0 Å². The zero-order valence-electron chi connectivity index (χ0n) is 9.42. The van der Waals surface area contributed by atoms with E-state index in [0.29, 0.717) is 11.7 Å². The molecule has 2 aromatic heterocycles. The molecule has 16 heavy (non-hydrogen) atoms. The molecule has 82 valence electrons. The number of rotatable bonds is 2. The van der Waals surface area contributed by atoms with Crippen LogP contribution in [0.15, 0.2) is 47.4 Å². The highest BCUT2D eigenvalue weighted by Gasteiger charge is 2.03. The van der Waals surface area contributed by atoms with Crippen molar-refractivity contribution in [1.82, 2.24) is 9.55 Å². The highest BCUT2D eigenvalue weighted by atomic mass is 16.1. The minimum Gasteiger partial charge on any atom is -0.269 e. The summed E-state index contributed by atoms with van der Waals surface area (Å²) in [6, 6.07) is 10.8. The predicted molar refractivity (Wildman–Crippen MR) is 63.9 cm³/mol. The standard InChI is InChI=1S/C13H14N2O/c1-10(2)11-6-5-7-12(14-11)15-9-4-3-8-13(15)16/h3-10H,1-2H3. The van der Waals surface area contributed by atoms with Crippen LogP contribution >= 0.6 is 0 Å². The first-order valence-corrected chi connectivity index (χ1v) is 5.33. The van der Waals surface area contributed by atoms with Crippen molar-refractivity contribution in [2.45, 2.75) is 19.8 Å². The number of pyridine rings is 2. The summed E-state index contributed by atoms with van der Waals surface area (Å²) in [6.45, 7) is 4.17. The first-order chi connectivity index (χ1) is 7.68. The molecule has 3 heteroatoms. The van der Waals surface area contributed by atoms with E-state index in [9.17, 15) is 4.79 Å². The molecule has 0 aromatic carbocycles. The maximum Gasteiger partial charge on any atom is 0.256 e. The van der Waals surface area contributed by atoms with Crippen molar-refractivity contribution in [3.8, 4) is 5.82 Å². The van der Waals surface area contributed by atoms with Gasteiger partial charge in [-0.2, -0.15) is 0 Å². The zero-order chi connectivity index (χ0) is 11.5. The zero-order valence-corrected chi connectivity index (χ0v) is 9.42. The van der Waals surface area contributed by atoms with Crippen LogP contribution < -0.4 is 5.56 Å². The van der Waals surface area contributed by atoms with Crippen molar-refractivity contribution in [3.63, 3.8) is 0 Å². The Morgan fingerprint density at radius 1 is 1.12 bits per heavy atom. The Kier molecular flexibility index (Phi) is 2.86. The van der Waals surface area contributed by atoms with E-state index in [0.717, 1.165) is 5.69 Å². The quantitative estimate of drug-likeness (QED) is 0.769.